The van der Waals surface area contributed by atoms with Crippen molar-refractivity contribution in [1.82, 2.24) is 9.97 Å². The van der Waals surface area contributed by atoms with E-state index in [1.807, 2.05) is 0 Å². The number of anilines is 1. The van der Waals surface area contributed by atoms with Crippen LogP contribution in [-0.2, 0) is 0 Å². The molecule has 2 saturated carbocycles. The molecular formula is C12H17N5. The highest BCUT2D eigenvalue weighted by Crippen LogP contribution is 2.37. The Kier molecular flexibility index (Phi) is 2.46. The second-order valence-corrected chi connectivity index (χ2v) is 4.97. The van der Waals surface area contributed by atoms with Crippen molar-refractivity contribution >= 4 is 11.7 Å². The molecule has 0 amide bonds. The third-order valence-electron chi connectivity index (χ3n) is 3.35. The Bertz CT molecular complexity index is 436. The molecule has 0 radical (unpaired) electrons. The Labute approximate surface area is 101 Å². The average Bonchev–Trinajstić information content (AvgIpc) is 3.17. The van der Waals surface area contributed by atoms with Crippen molar-refractivity contribution in [2.75, 3.05) is 11.4 Å². The Morgan fingerprint density at radius 2 is 2.00 bits per heavy atom. The normalized spacial score (nSPS) is 19.1. The van der Waals surface area contributed by atoms with E-state index in [1.54, 1.807) is 12.4 Å². The van der Waals surface area contributed by atoms with Crippen LogP contribution in [0.2, 0.25) is 0 Å². The molecule has 1 aromatic heterocycles. The van der Waals surface area contributed by atoms with Crippen LogP contribution in [0.25, 0.3) is 0 Å². The highest BCUT2D eigenvalue weighted by molar-refractivity contribution is 5.97. The van der Waals surface area contributed by atoms with Gasteiger partial charge in [0, 0.05) is 25.0 Å². The molecule has 17 heavy (non-hydrogen) atoms. The number of nitrogens with two attached hydrogens (primary N) is 1. The topological polar surface area (TPSA) is 78.9 Å². The summed E-state index contributed by atoms with van der Waals surface area (Å²) in [6, 6.07) is 0.588. The fourth-order valence-electron chi connectivity index (χ4n) is 2.10. The predicted octanol–water partition coefficient (Wildman–Crippen LogP) is 1.14. The Hall–Kier alpha value is -1.65. The maximum atomic E-state index is 7.58. The lowest BCUT2D eigenvalue weighted by molar-refractivity contribution is 0.706. The van der Waals surface area contributed by atoms with Gasteiger partial charge in [-0.15, -0.1) is 0 Å². The van der Waals surface area contributed by atoms with Gasteiger partial charge in [0.25, 0.3) is 0 Å². The van der Waals surface area contributed by atoms with Crippen molar-refractivity contribution in [2.45, 2.75) is 31.7 Å². The zero-order chi connectivity index (χ0) is 11.8. The molecule has 0 spiro atoms. The standard InChI is InChI=1S/C12H17N5/c13-11(14)10-12(16-6-5-15-10)17(9-3-4-9)7-8-1-2-8/h5-6,8-9H,1-4,7H2,(H3,13,14). The minimum atomic E-state index is 0.00884. The molecular weight excluding hydrogens is 214 g/mol. The van der Waals surface area contributed by atoms with Crippen molar-refractivity contribution in [3.63, 3.8) is 0 Å². The molecule has 0 unspecified atom stereocenters. The van der Waals surface area contributed by atoms with Crippen molar-refractivity contribution in [3.05, 3.63) is 18.1 Å². The van der Waals surface area contributed by atoms with Crippen LogP contribution >= 0.6 is 0 Å². The fraction of sp³-hybridized carbons (Fsp3) is 0.583. The van der Waals surface area contributed by atoms with Gasteiger partial charge >= 0.3 is 0 Å². The van der Waals surface area contributed by atoms with Crippen molar-refractivity contribution < 1.29 is 0 Å². The summed E-state index contributed by atoms with van der Waals surface area (Å²) >= 11 is 0. The SMILES string of the molecule is N=C(N)c1nccnc1N(CC1CC1)C1CC1. The molecule has 5 heteroatoms. The van der Waals surface area contributed by atoms with E-state index in [-0.39, 0.29) is 5.84 Å². The zero-order valence-corrected chi connectivity index (χ0v) is 9.76. The van der Waals surface area contributed by atoms with E-state index < -0.39 is 0 Å². The number of aromatic nitrogens is 2. The molecule has 0 saturated heterocycles. The van der Waals surface area contributed by atoms with Crippen LogP contribution in [0.4, 0.5) is 5.82 Å². The van der Waals surface area contributed by atoms with Gasteiger partial charge in [0.05, 0.1) is 0 Å². The quantitative estimate of drug-likeness (QED) is 0.588. The van der Waals surface area contributed by atoms with E-state index in [4.69, 9.17) is 11.1 Å². The largest absolute Gasteiger partial charge is 0.382 e. The summed E-state index contributed by atoms with van der Waals surface area (Å²) in [5.74, 6) is 1.61. The number of amidine groups is 1. The molecule has 2 fully saturated rings. The summed E-state index contributed by atoms with van der Waals surface area (Å²) in [6.07, 6.45) is 8.37. The second-order valence-electron chi connectivity index (χ2n) is 4.97. The third-order valence-corrected chi connectivity index (χ3v) is 3.35. The van der Waals surface area contributed by atoms with Gasteiger partial charge in [0.1, 0.15) is 11.5 Å². The smallest absolute Gasteiger partial charge is 0.158 e. The average molecular weight is 231 g/mol. The first-order valence-electron chi connectivity index (χ1n) is 6.17. The van der Waals surface area contributed by atoms with Crippen LogP contribution in [0.1, 0.15) is 31.4 Å². The maximum Gasteiger partial charge on any atom is 0.158 e. The van der Waals surface area contributed by atoms with Gasteiger partial charge in [-0.25, -0.2) is 9.97 Å². The minimum Gasteiger partial charge on any atom is -0.382 e. The lowest BCUT2D eigenvalue weighted by Crippen LogP contribution is -2.32. The number of nitrogen functional groups attached to an aromatic ring is 1. The fourth-order valence-corrected chi connectivity index (χ4v) is 2.10. The molecule has 0 aliphatic heterocycles. The summed E-state index contributed by atoms with van der Waals surface area (Å²) < 4.78 is 0. The van der Waals surface area contributed by atoms with Gasteiger partial charge < -0.3 is 10.6 Å². The Morgan fingerprint density at radius 1 is 1.29 bits per heavy atom. The summed E-state index contributed by atoms with van der Waals surface area (Å²) in [7, 11) is 0. The van der Waals surface area contributed by atoms with E-state index in [2.05, 4.69) is 14.9 Å². The van der Waals surface area contributed by atoms with Gasteiger partial charge in [-0.05, 0) is 31.6 Å². The monoisotopic (exact) mass is 231 g/mol. The number of rotatable bonds is 5. The predicted molar refractivity (Wildman–Crippen MR) is 66.1 cm³/mol. The van der Waals surface area contributed by atoms with Crippen LogP contribution in [-0.4, -0.2) is 28.4 Å². The molecule has 90 valence electrons. The molecule has 0 bridgehead atoms. The van der Waals surface area contributed by atoms with Crippen LogP contribution < -0.4 is 10.6 Å². The van der Waals surface area contributed by atoms with Crippen LogP contribution in [0, 0.1) is 11.3 Å². The van der Waals surface area contributed by atoms with E-state index in [9.17, 15) is 0 Å². The van der Waals surface area contributed by atoms with Crippen molar-refractivity contribution in [2.24, 2.45) is 11.7 Å². The second kappa shape index (κ2) is 3.98. The molecule has 5 nitrogen and oxygen atoms in total. The highest BCUT2D eigenvalue weighted by atomic mass is 15.2. The van der Waals surface area contributed by atoms with Crippen LogP contribution in [0.5, 0.6) is 0 Å². The Balaban J connectivity index is 1.90. The number of nitrogens with zero attached hydrogens (tertiary/aromatic N) is 3. The molecule has 3 rings (SSSR count). The van der Waals surface area contributed by atoms with E-state index in [1.165, 1.54) is 25.7 Å². The summed E-state index contributed by atoms with van der Waals surface area (Å²) in [4.78, 5) is 10.9. The first kappa shape index (κ1) is 10.5. The lowest BCUT2D eigenvalue weighted by atomic mass is 10.3. The van der Waals surface area contributed by atoms with Crippen LogP contribution in [0.3, 0.4) is 0 Å². The summed E-state index contributed by atoms with van der Waals surface area (Å²) in [5.41, 5.74) is 6.10. The molecule has 2 aliphatic rings. The minimum absolute atomic E-state index is 0.00884. The van der Waals surface area contributed by atoms with Crippen molar-refractivity contribution in [3.8, 4) is 0 Å². The lowest BCUT2D eigenvalue weighted by Gasteiger charge is -2.24. The number of hydrogen-bond acceptors (Lipinski definition) is 4. The van der Waals surface area contributed by atoms with E-state index >= 15 is 0 Å². The summed E-state index contributed by atoms with van der Waals surface area (Å²) in [5, 5.41) is 7.58. The molecule has 1 aromatic rings. The third kappa shape index (κ3) is 2.23. The highest BCUT2D eigenvalue weighted by Gasteiger charge is 2.35. The van der Waals surface area contributed by atoms with Crippen LogP contribution in [0.15, 0.2) is 12.4 Å². The molecule has 3 N–H and O–H groups in total. The maximum absolute atomic E-state index is 7.58. The molecule has 1 heterocycles. The van der Waals surface area contributed by atoms with Crippen molar-refractivity contribution in [1.29, 1.82) is 5.41 Å². The first-order chi connectivity index (χ1) is 8.25. The van der Waals surface area contributed by atoms with Gasteiger partial charge in [-0.3, -0.25) is 5.41 Å². The van der Waals surface area contributed by atoms with Gasteiger partial charge in [0.15, 0.2) is 5.82 Å². The molecule has 2 aliphatic carbocycles. The number of nitrogens with one attached hydrogen (secondary N) is 1. The van der Waals surface area contributed by atoms with Gasteiger partial charge in [0.2, 0.25) is 0 Å². The molecule has 0 aromatic carbocycles. The Morgan fingerprint density at radius 3 is 2.59 bits per heavy atom. The van der Waals surface area contributed by atoms with Gasteiger partial charge in [-0.2, -0.15) is 0 Å². The zero-order valence-electron chi connectivity index (χ0n) is 9.76. The summed E-state index contributed by atoms with van der Waals surface area (Å²) in [6.45, 7) is 1.05. The molecule has 0 atom stereocenters. The van der Waals surface area contributed by atoms with E-state index in [0.29, 0.717) is 11.7 Å². The van der Waals surface area contributed by atoms with E-state index in [0.717, 1.165) is 18.3 Å². The first-order valence-corrected chi connectivity index (χ1v) is 6.17. The van der Waals surface area contributed by atoms with Gasteiger partial charge in [-0.1, -0.05) is 0 Å². The number of hydrogen-bond donors (Lipinski definition) is 2.